The van der Waals surface area contributed by atoms with Crippen LogP contribution in [-0.2, 0) is 0 Å². The summed E-state index contributed by atoms with van der Waals surface area (Å²) in [5, 5.41) is 0. The van der Waals surface area contributed by atoms with Gasteiger partial charge in [0.2, 0.25) is 0 Å². The Balaban J connectivity index is 2.61. The molecular weight excluding hydrogens is 148 g/mol. The molecule has 1 aliphatic carbocycles. The van der Waals surface area contributed by atoms with Gasteiger partial charge in [0.05, 0.1) is 0 Å². The molecule has 0 spiro atoms. The fourth-order valence-electron chi connectivity index (χ4n) is 2.28. The minimum absolute atomic E-state index is 0.260. The third-order valence-electron chi connectivity index (χ3n) is 3.47. The van der Waals surface area contributed by atoms with Gasteiger partial charge in [0.1, 0.15) is 0 Å². The Hall–Kier alpha value is -0.0800. The standard InChI is InChI=1S/C10H22N2/c1-9(12)10(8-11)6-4-2-3-5-7-10/h9H,2-8,11-12H2,1H3. The van der Waals surface area contributed by atoms with Crippen molar-refractivity contribution in [3.8, 4) is 0 Å². The third kappa shape index (κ3) is 1.99. The maximum Gasteiger partial charge on any atom is 0.00791 e. The first-order valence-electron chi connectivity index (χ1n) is 5.17. The Labute approximate surface area is 75.7 Å². The largest absolute Gasteiger partial charge is 0.330 e. The van der Waals surface area contributed by atoms with Crippen molar-refractivity contribution in [1.82, 2.24) is 0 Å². The number of nitrogens with two attached hydrogens (primary N) is 2. The summed E-state index contributed by atoms with van der Waals surface area (Å²) in [6.07, 6.45) is 7.85. The molecule has 0 aliphatic heterocycles. The van der Waals surface area contributed by atoms with Crippen LogP contribution in [0.3, 0.4) is 0 Å². The van der Waals surface area contributed by atoms with E-state index < -0.39 is 0 Å². The van der Waals surface area contributed by atoms with Crippen LogP contribution >= 0.6 is 0 Å². The fourth-order valence-corrected chi connectivity index (χ4v) is 2.28. The lowest BCUT2D eigenvalue weighted by Crippen LogP contribution is -2.44. The molecule has 0 aromatic carbocycles. The molecule has 2 nitrogen and oxygen atoms in total. The molecule has 0 saturated heterocycles. The van der Waals surface area contributed by atoms with Crippen LogP contribution in [0.5, 0.6) is 0 Å². The molecule has 2 heteroatoms. The van der Waals surface area contributed by atoms with E-state index in [4.69, 9.17) is 11.5 Å². The van der Waals surface area contributed by atoms with Crippen LogP contribution in [0, 0.1) is 5.41 Å². The number of rotatable bonds is 2. The second kappa shape index (κ2) is 4.24. The van der Waals surface area contributed by atoms with E-state index in [0.29, 0.717) is 0 Å². The molecule has 1 atom stereocenters. The minimum Gasteiger partial charge on any atom is -0.330 e. The molecular formula is C10H22N2. The molecule has 0 bridgehead atoms. The van der Waals surface area contributed by atoms with Crippen molar-refractivity contribution < 1.29 is 0 Å². The topological polar surface area (TPSA) is 52.0 Å². The van der Waals surface area contributed by atoms with E-state index in [1.165, 1.54) is 38.5 Å². The zero-order valence-corrected chi connectivity index (χ0v) is 8.18. The van der Waals surface area contributed by atoms with Gasteiger partial charge in [-0.15, -0.1) is 0 Å². The van der Waals surface area contributed by atoms with Crippen LogP contribution in [0.15, 0.2) is 0 Å². The van der Waals surface area contributed by atoms with E-state index in [1.54, 1.807) is 0 Å². The quantitative estimate of drug-likeness (QED) is 0.619. The van der Waals surface area contributed by atoms with Gasteiger partial charge < -0.3 is 11.5 Å². The van der Waals surface area contributed by atoms with Crippen molar-refractivity contribution in [2.24, 2.45) is 16.9 Å². The van der Waals surface area contributed by atoms with Crippen LogP contribution in [0.2, 0.25) is 0 Å². The summed E-state index contributed by atoms with van der Waals surface area (Å²) in [7, 11) is 0. The van der Waals surface area contributed by atoms with Crippen molar-refractivity contribution >= 4 is 0 Å². The predicted octanol–water partition coefficient (Wildman–Crippen LogP) is 1.63. The van der Waals surface area contributed by atoms with Crippen LogP contribution in [0.4, 0.5) is 0 Å². The van der Waals surface area contributed by atoms with E-state index in [2.05, 4.69) is 6.92 Å². The van der Waals surface area contributed by atoms with Gasteiger partial charge in [-0.2, -0.15) is 0 Å². The first kappa shape index (κ1) is 10.0. The molecule has 0 aromatic heterocycles. The molecule has 0 aromatic rings. The highest BCUT2D eigenvalue weighted by Crippen LogP contribution is 2.36. The summed E-state index contributed by atoms with van der Waals surface area (Å²) in [6.45, 7) is 2.88. The maximum atomic E-state index is 6.00. The molecule has 12 heavy (non-hydrogen) atoms. The Morgan fingerprint density at radius 2 is 1.67 bits per heavy atom. The van der Waals surface area contributed by atoms with Gasteiger partial charge >= 0.3 is 0 Å². The molecule has 0 amide bonds. The Bertz CT molecular complexity index is 124. The molecule has 1 fully saturated rings. The lowest BCUT2D eigenvalue weighted by Gasteiger charge is -2.35. The molecule has 1 rings (SSSR count). The first-order valence-corrected chi connectivity index (χ1v) is 5.17. The van der Waals surface area contributed by atoms with Gasteiger partial charge in [0, 0.05) is 6.04 Å². The Morgan fingerprint density at radius 1 is 1.17 bits per heavy atom. The zero-order chi connectivity index (χ0) is 9.03. The lowest BCUT2D eigenvalue weighted by atomic mass is 9.75. The van der Waals surface area contributed by atoms with E-state index in [-0.39, 0.29) is 11.5 Å². The smallest absolute Gasteiger partial charge is 0.00791 e. The average molecular weight is 170 g/mol. The van der Waals surface area contributed by atoms with Crippen molar-refractivity contribution in [2.75, 3.05) is 6.54 Å². The van der Waals surface area contributed by atoms with Gasteiger partial charge in [-0.1, -0.05) is 25.7 Å². The molecule has 1 saturated carbocycles. The van der Waals surface area contributed by atoms with Gasteiger partial charge in [0.25, 0.3) is 0 Å². The SMILES string of the molecule is CC(N)C1(CN)CCCCCC1. The molecule has 0 heterocycles. The molecule has 1 unspecified atom stereocenters. The molecule has 0 radical (unpaired) electrons. The second-order valence-corrected chi connectivity index (χ2v) is 4.27. The molecule has 1 aliphatic rings. The Kier molecular flexibility index (Phi) is 3.53. The van der Waals surface area contributed by atoms with Crippen LogP contribution in [-0.4, -0.2) is 12.6 Å². The van der Waals surface area contributed by atoms with E-state index in [9.17, 15) is 0 Å². The summed E-state index contributed by atoms with van der Waals surface area (Å²) in [5.74, 6) is 0. The average Bonchev–Trinajstić information content (AvgIpc) is 2.29. The predicted molar refractivity (Wildman–Crippen MR) is 52.8 cm³/mol. The summed E-state index contributed by atoms with van der Waals surface area (Å²) in [4.78, 5) is 0. The van der Waals surface area contributed by atoms with Gasteiger partial charge in [-0.3, -0.25) is 0 Å². The highest BCUT2D eigenvalue weighted by atomic mass is 14.7. The maximum absolute atomic E-state index is 6.00. The lowest BCUT2D eigenvalue weighted by molar-refractivity contribution is 0.209. The summed E-state index contributed by atoms with van der Waals surface area (Å²) in [5.41, 5.74) is 12.1. The number of hydrogen-bond acceptors (Lipinski definition) is 2. The Morgan fingerprint density at radius 3 is 2.00 bits per heavy atom. The van der Waals surface area contributed by atoms with Gasteiger partial charge in [-0.05, 0) is 31.7 Å². The van der Waals surface area contributed by atoms with Gasteiger partial charge in [0.15, 0.2) is 0 Å². The molecule has 72 valence electrons. The van der Waals surface area contributed by atoms with Crippen molar-refractivity contribution in [1.29, 1.82) is 0 Å². The summed E-state index contributed by atoms with van der Waals surface area (Å²) >= 11 is 0. The summed E-state index contributed by atoms with van der Waals surface area (Å²) in [6, 6.07) is 0.264. The van der Waals surface area contributed by atoms with Crippen molar-refractivity contribution in [2.45, 2.75) is 51.5 Å². The monoisotopic (exact) mass is 170 g/mol. The zero-order valence-electron chi connectivity index (χ0n) is 8.18. The van der Waals surface area contributed by atoms with Crippen LogP contribution in [0.25, 0.3) is 0 Å². The van der Waals surface area contributed by atoms with E-state index in [1.807, 2.05) is 0 Å². The highest BCUT2D eigenvalue weighted by Gasteiger charge is 2.32. The van der Waals surface area contributed by atoms with Crippen LogP contribution in [0.1, 0.15) is 45.4 Å². The third-order valence-corrected chi connectivity index (χ3v) is 3.47. The van der Waals surface area contributed by atoms with Crippen molar-refractivity contribution in [3.05, 3.63) is 0 Å². The molecule has 4 N–H and O–H groups in total. The second-order valence-electron chi connectivity index (χ2n) is 4.27. The summed E-state index contributed by atoms with van der Waals surface area (Å²) < 4.78 is 0. The van der Waals surface area contributed by atoms with E-state index >= 15 is 0 Å². The van der Waals surface area contributed by atoms with Crippen LogP contribution < -0.4 is 11.5 Å². The minimum atomic E-state index is 0.260. The first-order chi connectivity index (χ1) is 5.71. The fraction of sp³-hybridized carbons (Fsp3) is 1.00. The van der Waals surface area contributed by atoms with Crippen molar-refractivity contribution in [3.63, 3.8) is 0 Å². The number of hydrogen-bond donors (Lipinski definition) is 2. The van der Waals surface area contributed by atoms with Gasteiger partial charge in [-0.25, -0.2) is 0 Å². The van der Waals surface area contributed by atoms with E-state index in [0.717, 1.165) is 6.54 Å². The highest BCUT2D eigenvalue weighted by molar-refractivity contribution is 4.89. The normalized spacial score (nSPS) is 26.2.